The minimum absolute atomic E-state index is 0. The second-order valence-electron chi connectivity index (χ2n) is 8.05. The first kappa shape index (κ1) is 23.0. The molecular weight excluding hydrogens is 469 g/mol. The van der Waals surface area contributed by atoms with Crippen LogP contribution in [0.15, 0.2) is 15.6 Å². The van der Waals surface area contributed by atoms with Crippen molar-refractivity contribution in [1.82, 2.24) is 20.7 Å². The molecule has 1 saturated carbocycles. The highest BCUT2D eigenvalue weighted by molar-refractivity contribution is 14.0. The second kappa shape index (κ2) is 11.0. The summed E-state index contributed by atoms with van der Waals surface area (Å²) in [5.41, 5.74) is 0.961. The summed E-state index contributed by atoms with van der Waals surface area (Å²) in [6, 6.07) is 2.22. The maximum absolute atomic E-state index is 12.7. The number of nitrogens with one attached hydrogen (secondary N) is 2. The van der Waals surface area contributed by atoms with Crippen molar-refractivity contribution in [3.05, 3.63) is 17.5 Å². The van der Waals surface area contributed by atoms with Gasteiger partial charge >= 0.3 is 0 Å². The van der Waals surface area contributed by atoms with Crippen molar-refractivity contribution < 1.29 is 9.32 Å². The van der Waals surface area contributed by atoms with Gasteiger partial charge in [0, 0.05) is 38.2 Å². The van der Waals surface area contributed by atoms with Crippen LogP contribution < -0.4 is 10.6 Å². The van der Waals surface area contributed by atoms with E-state index in [2.05, 4.69) is 34.6 Å². The van der Waals surface area contributed by atoms with Gasteiger partial charge in [-0.1, -0.05) is 38.3 Å². The molecule has 1 aromatic heterocycles. The van der Waals surface area contributed by atoms with Gasteiger partial charge in [0.15, 0.2) is 11.7 Å². The first-order valence-corrected chi connectivity index (χ1v) is 10.3. The number of aliphatic imine (C=N–C) groups is 1. The van der Waals surface area contributed by atoms with Gasteiger partial charge < -0.3 is 20.1 Å². The zero-order valence-corrected chi connectivity index (χ0v) is 19.6. The van der Waals surface area contributed by atoms with Gasteiger partial charge in [0.2, 0.25) is 5.91 Å². The summed E-state index contributed by atoms with van der Waals surface area (Å²) in [6.07, 6.45) is 6.75. The minimum atomic E-state index is 0. The summed E-state index contributed by atoms with van der Waals surface area (Å²) >= 11 is 0. The first-order chi connectivity index (χ1) is 13.1. The molecule has 1 unspecified atom stereocenters. The van der Waals surface area contributed by atoms with Gasteiger partial charge in [-0.15, -0.1) is 24.0 Å². The fourth-order valence-electron chi connectivity index (χ4n) is 3.93. The van der Waals surface area contributed by atoms with Crippen molar-refractivity contribution in [2.24, 2.45) is 10.9 Å². The van der Waals surface area contributed by atoms with Crippen LogP contribution in [0, 0.1) is 5.92 Å². The lowest BCUT2D eigenvalue weighted by molar-refractivity contribution is -0.135. The average Bonchev–Trinajstić information content (AvgIpc) is 3.35. The Morgan fingerprint density at radius 2 is 2.07 bits per heavy atom. The van der Waals surface area contributed by atoms with E-state index < -0.39 is 0 Å². The summed E-state index contributed by atoms with van der Waals surface area (Å²) < 4.78 is 5.36. The molecule has 28 heavy (non-hydrogen) atoms. The highest BCUT2D eigenvalue weighted by Gasteiger charge is 2.31. The van der Waals surface area contributed by atoms with Crippen LogP contribution in [-0.2, 0) is 11.3 Å². The number of carbonyl (C=O) groups excluding carboxylic acids is 1. The lowest BCUT2D eigenvalue weighted by Crippen LogP contribution is -2.45. The summed E-state index contributed by atoms with van der Waals surface area (Å²) in [4.78, 5) is 19.0. The molecule has 1 amide bonds. The predicted octanol–water partition coefficient (Wildman–Crippen LogP) is 3.26. The third kappa shape index (κ3) is 6.09. The monoisotopic (exact) mass is 503 g/mol. The van der Waals surface area contributed by atoms with Crippen LogP contribution in [0.3, 0.4) is 0 Å². The van der Waals surface area contributed by atoms with Gasteiger partial charge in [0.1, 0.15) is 0 Å². The molecule has 2 heterocycles. The van der Waals surface area contributed by atoms with Gasteiger partial charge in [-0.25, -0.2) is 0 Å². The van der Waals surface area contributed by atoms with Crippen LogP contribution in [0.5, 0.6) is 0 Å². The van der Waals surface area contributed by atoms with Crippen LogP contribution in [0.25, 0.3) is 0 Å². The van der Waals surface area contributed by atoms with Crippen LogP contribution in [0.4, 0.5) is 0 Å². The molecule has 2 fully saturated rings. The highest BCUT2D eigenvalue weighted by atomic mass is 127. The van der Waals surface area contributed by atoms with Crippen molar-refractivity contribution in [2.75, 3.05) is 20.1 Å². The van der Waals surface area contributed by atoms with Crippen molar-refractivity contribution in [3.63, 3.8) is 0 Å². The number of amides is 1. The average molecular weight is 503 g/mol. The number of aromatic nitrogens is 1. The Morgan fingerprint density at radius 3 is 2.71 bits per heavy atom. The Hall–Kier alpha value is -1.32. The maximum atomic E-state index is 12.7. The minimum Gasteiger partial charge on any atom is -0.359 e. The van der Waals surface area contributed by atoms with E-state index in [0.29, 0.717) is 18.4 Å². The molecule has 3 rings (SSSR count). The van der Waals surface area contributed by atoms with E-state index in [1.54, 1.807) is 7.05 Å². The van der Waals surface area contributed by atoms with E-state index in [9.17, 15) is 4.79 Å². The van der Waals surface area contributed by atoms with Crippen LogP contribution in [-0.4, -0.2) is 48.1 Å². The van der Waals surface area contributed by atoms with E-state index in [1.165, 1.54) is 19.3 Å². The zero-order valence-electron chi connectivity index (χ0n) is 17.2. The Balaban J connectivity index is 0.00000280. The van der Waals surface area contributed by atoms with E-state index in [4.69, 9.17) is 4.52 Å². The first-order valence-electron chi connectivity index (χ1n) is 10.3. The third-order valence-corrected chi connectivity index (χ3v) is 5.62. The summed E-state index contributed by atoms with van der Waals surface area (Å²) in [5.74, 6) is 2.48. The van der Waals surface area contributed by atoms with Gasteiger partial charge in [0.05, 0.1) is 12.2 Å². The molecule has 0 aromatic carbocycles. The number of halogens is 1. The van der Waals surface area contributed by atoms with Gasteiger partial charge in [-0.2, -0.15) is 0 Å². The molecular formula is C20H34IN5O2. The topological polar surface area (TPSA) is 82.8 Å². The number of hydrogen-bond donors (Lipinski definition) is 2. The third-order valence-electron chi connectivity index (χ3n) is 5.62. The smallest absolute Gasteiger partial charge is 0.225 e. The van der Waals surface area contributed by atoms with Gasteiger partial charge in [-0.3, -0.25) is 9.79 Å². The number of likely N-dealkylation sites (tertiary alicyclic amines) is 1. The molecule has 158 valence electrons. The number of guanidine groups is 1. The Labute approximate surface area is 185 Å². The highest BCUT2D eigenvalue weighted by Crippen LogP contribution is 2.26. The van der Waals surface area contributed by atoms with E-state index in [1.807, 2.05) is 11.0 Å². The number of carbonyl (C=O) groups is 1. The molecule has 8 heteroatoms. The van der Waals surface area contributed by atoms with Crippen molar-refractivity contribution >= 4 is 35.8 Å². The van der Waals surface area contributed by atoms with Crippen molar-refractivity contribution in [2.45, 2.75) is 70.9 Å². The zero-order chi connectivity index (χ0) is 19.2. The fraction of sp³-hybridized carbons (Fsp3) is 0.750. The summed E-state index contributed by atoms with van der Waals surface area (Å²) in [6.45, 7) is 6.32. The molecule has 1 saturated heterocycles. The lowest BCUT2D eigenvalue weighted by Gasteiger charge is -2.26. The molecule has 2 aliphatic rings. The van der Waals surface area contributed by atoms with Gasteiger partial charge in [-0.05, 0) is 25.2 Å². The predicted molar refractivity (Wildman–Crippen MR) is 121 cm³/mol. The number of hydrogen-bond acceptors (Lipinski definition) is 4. The molecule has 1 aromatic rings. The number of nitrogens with zero attached hydrogens (tertiary/aromatic N) is 3. The Bertz CT molecular complexity index is 655. The lowest BCUT2D eigenvalue weighted by atomic mass is 9.88. The molecule has 0 radical (unpaired) electrons. The Kier molecular flexibility index (Phi) is 9.04. The molecule has 2 N–H and O–H groups in total. The summed E-state index contributed by atoms with van der Waals surface area (Å²) in [7, 11) is 1.76. The molecule has 0 bridgehead atoms. The summed E-state index contributed by atoms with van der Waals surface area (Å²) in [5, 5.41) is 10.8. The quantitative estimate of drug-likeness (QED) is 0.366. The molecule has 1 aliphatic carbocycles. The molecule has 1 aliphatic heterocycles. The van der Waals surface area contributed by atoms with Crippen LogP contribution in [0.1, 0.15) is 69.7 Å². The maximum Gasteiger partial charge on any atom is 0.225 e. The Morgan fingerprint density at radius 1 is 1.32 bits per heavy atom. The van der Waals surface area contributed by atoms with Crippen molar-refractivity contribution in [3.8, 4) is 0 Å². The second-order valence-corrected chi connectivity index (χ2v) is 8.05. The standard InChI is InChI=1S/C20H33N5O2.HI/c1-14(2)18-11-17(27-24-18)12-22-20(21-3)23-16-9-10-25(13-16)19(26)15-7-5-4-6-8-15;/h11,14-16H,4-10,12-13H2,1-3H3,(H2,21,22,23);1H. The van der Waals surface area contributed by atoms with Crippen LogP contribution in [0.2, 0.25) is 0 Å². The fourth-order valence-corrected chi connectivity index (χ4v) is 3.93. The van der Waals surface area contributed by atoms with Gasteiger partial charge in [0.25, 0.3) is 0 Å². The van der Waals surface area contributed by atoms with Crippen molar-refractivity contribution in [1.29, 1.82) is 0 Å². The largest absolute Gasteiger partial charge is 0.359 e. The van der Waals surface area contributed by atoms with E-state index in [0.717, 1.165) is 49.8 Å². The van der Waals surface area contributed by atoms with E-state index >= 15 is 0 Å². The SMILES string of the molecule is CN=C(NCc1cc(C(C)C)no1)NC1CCN(C(=O)C2CCCCC2)C1.I. The normalized spacial score (nSPS) is 20.9. The van der Waals surface area contributed by atoms with E-state index in [-0.39, 0.29) is 35.9 Å². The van der Waals surface area contributed by atoms with Crippen LogP contribution >= 0.6 is 24.0 Å². The molecule has 1 atom stereocenters. The molecule has 7 nitrogen and oxygen atoms in total. The molecule has 0 spiro atoms. The number of rotatable bonds is 5.